The highest BCUT2D eigenvalue weighted by molar-refractivity contribution is 7.91. The molecule has 0 saturated heterocycles. The number of benzene rings is 1. The van der Waals surface area contributed by atoms with Crippen molar-refractivity contribution in [2.75, 3.05) is 18.1 Å². The molecule has 4 N–H and O–H groups in total. The second kappa shape index (κ2) is 6.60. The molecule has 1 rings (SSSR count). The van der Waals surface area contributed by atoms with E-state index >= 15 is 0 Å². The van der Waals surface area contributed by atoms with E-state index in [9.17, 15) is 16.8 Å². The lowest BCUT2D eigenvalue weighted by atomic mass is 10.3. The summed E-state index contributed by atoms with van der Waals surface area (Å²) < 4.78 is 60.6. The average molecular weight is 339 g/mol. The molecule has 0 aliphatic heterocycles. The summed E-state index contributed by atoms with van der Waals surface area (Å²) in [6.07, 6.45) is 0.0393. The molecule has 8 nitrogen and oxygen atoms in total. The second-order valence-corrected chi connectivity index (χ2v) is 7.88. The molecule has 0 saturated carbocycles. The van der Waals surface area contributed by atoms with Crippen molar-refractivity contribution in [1.29, 1.82) is 0 Å². The Morgan fingerprint density at radius 3 is 2.38 bits per heavy atom. The maximum Gasteiger partial charge on any atom is 0.298 e. The fourth-order valence-corrected chi connectivity index (χ4v) is 3.57. The van der Waals surface area contributed by atoms with Crippen LogP contribution in [0, 0.1) is 0 Å². The van der Waals surface area contributed by atoms with Crippen LogP contribution in [-0.2, 0) is 20.0 Å². The van der Waals surface area contributed by atoms with E-state index in [1.807, 2.05) is 0 Å². The van der Waals surface area contributed by atoms with Crippen molar-refractivity contribution in [3.05, 3.63) is 18.2 Å². The van der Waals surface area contributed by atoms with Gasteiger partial charge in [0, 0.05) is 5.69 Å². The molecule has 1 aromatic rings. The Bertz CT molecular complexity index is 697. The highest BCUT2D eigenvalue weighted by atomic mass is 32.2. The fourth-order valence-electron chi connectivity index (χ4n) is 1.63. The molecular formula is C11H17NO7S2. The molecule has 0 bridgehead atoms. The summed E-state index contributed by atoms with van der Waals surface area (Å²) in [7, 11) is -8.39. The van der Waals surface area contributed by atoms with Crippen LogP contribution in [0.5, 0.6) is 5.75 Å². The maximum atomic E-state index is 11.9. The van der Waals surface area contributed by atoms with Gasteiger partial charge in [-0.1, -0.05) is 6.92 Å². The van der Waals surface area contributed by atoms with Crippen LogP contribution >= 0.6 is 0 Å². The Morgan fingerprint density at radius 2 is 1.90 bits per heavy atom. The molecule has 0 radical (unpaired) electrons. The molecule has 0 aromatic heterocycles. The zero-order chi connectivity index (χ0) is 16.3. The predicted octanol–water partition coefficient (Wildman–Crippen LogP) is 0.0375. The highest BCUT2D eigenvalue weighted by Gasteiger charge is 2.27. The van der Waals surface area contributed by atoms with Gasteiger partial charge in [0.1, 0.15) is 10.6 Å². The third-order valence-corrected chi connectivity index (χ3v) is 5.47. The van der Waals surface area contributed by atoms with Gasteiger partial charge in [0.15, 0.2) is 15.3 Å². The van der Waals surface area contributed by atoms with E-state index in [-0.39, 0.29) is 17.9 Å². The van der Waals surface area contributed by atoms with E-state index < -0.39 is 42.6 Å². The Labute approximate surface area is 123 Å². The first kappa shape index (κ1) is 17.7. The molecule has 120 valence electrons. The van der Waals surface area contributed by atoms with Crippen LogP contribution < -0.4 is 10.5 Å². The van der Waals surface area contributed by atoms with Crippen LogP contribution in [0.2, 0.25) is 0 Å². The zero-order valence-electron chi connectivity index (χ0n) is 11.3. The SMILES string of the molecule is CCC(Oc1ccc(N)cc1S(=O)(=O)O)S(=O)(=O)CCO. The standard InChI is InChI=1S/C11H17NO7S2/c1-2-11(20(14,15)6-5-13)19-9-4-3-8(12)7-10(9)21(16,17)18/h3-4,7,11,13H,2,5-6,12H2,1H3,(H,16,17,18). The molecule has 0 spiro atoms. The summed E-state index contributed by atoms with van der Waals surface area (Å²) in [6, 6.07) is 3.45. The van der Waals surface area contributed by atoms with Gasteiger partial charge in [-0.3, -0.25) is 4.55 Å². The van der Waals surface area contributed by atoms with Crippen LogP contribution in [0.15, 0.2) is 23.1 Å². The Kier molecular flexibility index (Phi) is 5.56. The molecule has 0 aliphatic rings. The number of aliphatic hydroxyl groups is 1. The van der Waals surface area contributed by atoms with Crippen molar-refractivity contribution in [3.63, 3.8) is 0 Å². The topological polar surface area (TPSA) is 144 Å². The van der Waals surface area contributed by atoms with Gasteiger partial charge < -0.3 is 15.6 Å². The first-order valence-corrected chi connectivity index (χ1v) is 9.13. The van der Waals surface area contributed by atoms with Gasteiger partial charge >= 0.3 is 0 Å². The third-order valence-electron chi connectivity index (χ3n) is 2.61. The minimum atomic E-state index is -4.62. The monoisotopic (exact) mass is 339 g/mol. The van der Waals surface area contributed by atoms with Crippen molar-refractivity contribution in [2.45, 2.75) is 23.7 Å². The number of aliphatic hydroxyl groups excluding tert-OH is 1. The van der Waals surface area contributed by atoms with Crippen LogP contribution in [0.25, 0.3) is 0 Å². The molecule has 1 unspecified atom stereocenters. The van der Waals surface area contributed by atoms with Gasteiger partial charge in [-0.2, -0.15) is 8.42 Å². The van der Waals surface area contributed by atoms with Crippen molar-refractivity contribution >= 4 is 25.6 Å². The molecular weight excluding hydrogens is 322 g/mol. The summed E-state index contributed by atoms with van der Waals surface area (Å²) >= 11 is 0. The molecule has 10 heteroatoms. The smallest absolute Gasteiger partial charge is 0.298 e. The Hall–Kier alpha value is -1.36. The lowest BCUT2D eigenvalue weighted by molar-refractivity contribution is 0.257. The van der Waals surface area contributed by atoms with Crippen LogP contribution in [0.3, 0.4) is 0 Å². The summed E-state index contributed by atoms with van der Waals surface area (Å²) in [6.45, 7) is 0.957. The largest absolute Gasteiger partial charge is 0.473 e. The number of hydrogen-bond acceptors (Lipinski definition) is 7. The summed E-state index contributed by atoms with van der Waals surface area (Å²) in [5, 5.41) is 8.75. The quantitative estimate of drug-likeness (QED) is 0.466. The Morgan fingerprint density at radius 1 is 1.29 bits per heavy atom. The lowest BCUT2D eigenvalue weighted by Crippen LogP contribution is -2.30. The average Bonchev–Trinajstić information content (AvgIpc) is 2.35. The van der Waals surface area contributed by atoms with Gasteiger partial charge in [0.25, 0.3) is 10.1 Å². The summed E-state index contributed by atoms with van der Waals surface area (Å²) in [5.41, 5.74) is 4.17. The molecule has 0 heterocycles. The number of ether oxygens (including phenoxy) is 1. The van der Waals surface area contributed by atoms with E-state index in [1.54, 1.807) is 0 Å². The molecule has 21 heavy (non-hydrogen) atoms. The number of hydrogen-bond donors (Lipinski definition) is 3. The third kappa shape index (κ3) is 4.56. The van der Waals surface area contributed by atoms with Gasteiger partial charge in [-0.25, -0.2) is 8.42 Å². The van der Waals surface area contributed by atoms with Gasteiger partial charge in [0.2, 0.25) is 0 Å². The molecule has 0 amide bonds. The Balaban J connectivity index is 3.24. The van der Waals surface area contributed by atoms with E-state index in [0.29, 0.717) is 0 Å². The predicted molar refractivity (Wildman–Crippen MR) is 76.2 cm³/mol. The zero-order valence-corrected chi connectivity index (χ0v) is 12.9. The van der Waals surface area contributed by atoms with Crippen LogP contribution in [0.1, 0.15) is 13.3 Å². The summed E-state index contributed by atoms with van der Waals surface area (Å²) in [5.74, 6) is -0.832. The number of nitrogen functional groups attached to an aromatic ring is 1. The normalized spacial score (nSPS) is 13.9. The number of rotatable bonds is 7. The first-order valence-electron chi connectivity index (χ1n) is 5.98. The van der Waals surface area contributed by atoms with Crippen molar-refractivity contribution < 1.29 is 31.2 Å². The van der Waals surface area contributed by atoms with Gasteiger partial charge in [0.05, 0.1) is 12.4 Å². The van der Waals surface area contributed by atoms with E-state index in [1.165, 1.54) is 13.0 Å². The minimum absolute atomic E-state index is 0.0393. The first-order chi connectivity index (χ1) is 9.61. The number of nitrogens with two attached hydrogens (primary N) is 1. The maximum absolute atomic E-state index is 11.9. The minimum Gasteiger partial charge on any atom is -0.473 e. The molecule has 1 aromatic carbocycles. The van der Waals surface area contributed by atoms with Crippen molar-refractivity contribution in [2.24, 2.45) is 0 Å². The molecule has 1 atom stereocenters. The van der Waals surface area contributed by atoms with Gasteiger partial charge in [-0.05, 0) is 24.6 Å². The van der Waals surface area contributed by atoms with Crippen LogP contribution in [0.4, 0.5) is 5.69 Å². The van der Waals surface area contributed by atoms with E-state index in [4.69, 9.17) is 20.1 Å². The molecule has 0 aliphatic carbocycles. The second-order valence-electron chi connectivity index (χ2n) is 4.23. The van der Waals surface area contributed by atoms with Crippen molar-refractivity contribution in [3.8, 4) is 5.75 Å². The number of anilines is 1. The van der Waals surface area contributed by atoms with Gasteiger partial charge in [-0.15, -0.1) is 0 Å². The van der Waals surface area contributed by atoms with Crippen LogP contribution in [-0.4, -0.2) is 44.3 Å². The van der Waals surface area contributed by atoms with E-state index in [2.05, 4.69) is 0 Å². The van der Waals surface area contributed by atoms with Crippen molar-refractivity contribution in [1.82, 2.24) is 0 Å². The number of sulfone groups is 1. The fraction of sp³-hybridized carbons (Fsp3) is 0.455. The summed E-state index contributed by atoms with van der Waals surface area (Å²) in [4.78, 5) is -0.611. The lowest BCUT2D eigenvalue weighted by Gasteiger charge is -2.19. The highest BCUT2D eigenvalue weighted by Crippen LogP contribution is 2.28. The van der Waals surface area contributed by atoms with E-state index in [0.717, 1.165) is 12.1 Å². The molecule has 0 fully saturated rings.